The Balaban J connectivity index is 1.97. The molecule has 138 valence electrons. The van der Waals surface area contributed by atoms with Gasteiger partial charge in [0.2, 0.25) is 5.78 Å². The SMILES string of the molecule is O=C1c2cc(O)cc(Nc3ccccc3)c2C(=O)c2c1cc(O)cc2[N+](=O)[O-]. The van der Waals surface area contributed by atoms with Crippen molar-refractivity contribution in [2.24, 2.45) is 0 Å². The number of hydrogen-bond donors (Lipinski definition) is 3. The normalized spacial score (nSPS) is 12.3. The van der Waals surface area contributed by atoms with Gasteiger partial charge in [0.15, 0.2) is 5.78 Å². The Bertz CT molecular complexity index is 1170. The first-order valence-electron chi connectivity index (χ1n) is 8.16. The highest BCUT2D eigenvalue weighted by atomic mass is 16.6. The van der Waals surface area contributed by atoms with Crippen LogP contribution in [0.1, 0.15) is 31.8 Å². The summed E-state index contributed by atoms with van der Waals surface area (Å²) in [6.07, 6.45) is 0. The molecule has 0 bridgehead atoms. The van der Waals surface area contributed by atoms with Gasteiger partial charge in [-0.25, -0.2) is 0 Å². The van der Waals surface area contributed by atoms with E-state index in [1.165, 1.54) is 6.07 Å². The van der Waals surface area contributed by atoms with Crippen LogP contribution in [0.15, 0.2) is 54.6 Å². The van der Waals surface area contributed by atoms with Gasteiger partial charge in [-0.05, 0) is 24.3 Å². The number of nitro benzene ring substituents is 1. The summed E-state index contributed by atoms with van der Waals surface area (Å²) >= 11 is 0. The fourth-order valence-electron chi connectivity index (χ4n) is 3.27. The van der Waals surface area contributed by atoms with Crippen LogP contribution in [0.4, 0.5) is 17.1 Å². The van der Waals surface area contributed by atoms with E-state index < -0.39 is 27.9 Å². The van der Waals surface area contributed by atoms with Gasteiger partial charge >= 0.3 is 0 Å². The molecule has 0 aliphatic heterocycles. The van der Waals surface area contributed by atoms with Crippen LogP contribution < -0.4 is 5.32 Å². The number of para-hydroxylation sites is 1. The molecular formula is C20H12N2O6. The number of benzene rings is 3. The van der Waals surface area contributed by atoms with Crippen molar-refractivity contribution >= 4 is 28.6 Å². The molecule has 3 aromatic rings. The molecule has 4 rings (SSSR count). The number of hydrogen-bond acceptors (Lipinski definition) is 7. The number of phenolic OH excluding ortho intramolecular Hbond substituents is 2. The number of fused-ring (bicyclic) bond motifs is 2. The Kier molecular flexibility index (Phi) is 3.82. The number of rotatable bonds is 3. The molecule has 0 saturated carbocycles. The topological polar surface area (TPSA) is 130 Å². The first kappa shape index (κ1) is 17.2. The number of phenols is 2. The van der Waals surface area contributed by atoms with Crippen LogP contribution in [0, 0.1) is 10.1 Å². The van der Waals surface area contributed by atoms with Gasteiger partial charge in [-0.3, -0.25) is 19.7 Å². The van der Waals surface area contributed by atoms with Gasteiger partial charge < -0.3 is 15.5 Å². The minimum absolute atomic E-state index is 0.0760. The summed E-state index contributed by atoms with van der Waals surface area (Å²) in [4.78, 5) is 36.6. The number of nitro groups is 1. The number of nitrogens with zero attached hydrogens (tertiary/aromatic N) is 1. The molecular weight excluding hydrogens is 364 g/mol. The van der Waals surface area contributed by atoms with Crippen LogP contribution in [0.5, 0.6) is 11.5 Å². The van der Waals surface area contributed by atoms with Gasteiger partial charge in [-0.2, -0.15) is 0 Å². The molecule has 8 heteroatoms. The summed E-state index contributed by atoms with van der Waals surface area (Å²) in [5, 5.41) is 34.1. The maximum absolute atomic E-state index is 13.2. The van der Waals surface area contributed by atoms with E-state index >= 15 is 0 Å². The van der Waals surface area contributed by atoms with Crippen molar-refractivity contribution in [3.8, 4) is 11.5 Å². The van der Waals surface area contributed by atoms with Crippen molar-refractivity contribution < 1.29 is 24.7 Å². The standard InChI is InChI=1S/C20H12N2O6/c23-11-6-13-17(15(8-11)21-10-4-2-1-3-5-10)20(26)18-14(19(13)25)7-12(24)9-16(18)22(27)28/h1-9,21,23-24H. The van der Waals surface area contributed by atoms with Crippen molar-refractivity contribution in [2.45, 2.75) is 0 Å². The highest BCUT2D eigenvalue weighted by Crippen LogP contribution is 2.40. The van der Waals surface area contributed by atoms with Crippen molar-refractivity contribution in [1.82, 2.24) is 0 Å². The number of nitrogens with one attached hydrogen (secondary N) is 1. The van der Waals surface area contributed by atoms with Crippen LogP contribution in [-0.2, 0) is 0 Å². The summed E-state index contributed by atoms with van der Waals surface area (Å²) in [5.74, 6) is -2.19. The maximum atomic E-state index is 13.2. The molecule has 0 radical (unpaired) electrons. The van der Waals surface area contributed by atoms with E-state index in [1.54, 1.807) is 30.3 Å². The molecule has 28 heavy (non-hydrogen) atoms. The molecule has 0 heterocycles. The molecule has 0 aromatic heterocycles. The Hall–Kier alpha value is -4.20. The van der Waals surface area contributed by atoms with Crippen LogP contribution in [0.2, 0.25) is 0 Å². The number of aromatic hydroxyl groups is 2. The second-order valence-electron chi connectivity index (χ2n) is 6.21. The van der Waals surface area contributed by atoms with Crippen LogP contribution in [-0.4, -0.2) is 26.7 Å². The zero-order valence-electron chi connectivity index (χ0n) is 14.2. The largest absolute Gasteiger partial charge is 0.508 e. The van der Waals surface area contributed by atoms with Gasteiger partial charge in [0.25, 0.3) is 5.69 Å². The molecule has 0 saturated heterocycles. The fourth-order valence-corrected chi connectivity index (χ4v) is 3.27. The number of carbonyl (C=O) groups is 2. The predicted molar refractivity (Wildman–Crippen MR) is 99.5 cm³/mol. The molecule has 0 unspecified atom stereocenters. The zero-order valence-corrected chi connectivity index (χ0v) is 14.2. The summed E-state index contributed by atoms with van der Waals surface area (Å²) in [6, 6.07) is 13.0. The molecule has 3 aromatic carbocycles. The van der Waals surface area contributed by atoms with E-state index in [4.69, 9.17) is 0 Å². The summed E-state index contributed by atoms with van der Waals surface area (Å²) in [6.45, 7) is 0. The number of anilines is 2. The van der Waals surface area contributed by atoms with Crippen LogP contribution in [0.3, 0.4) is 0 Å². The van der Waals surface area contributed by atoms with Gasteiger partial charge in [0.05, 0.1) is 22.2 Å². The van der Waals surface area contributed by atoms with Gasteiger partial charge in [-0.1, -0.05) is 18.2 Å². The molecule has 1 aliphatic rings. The second-order valence-corrected chi connectivity index (χ2v) is 6.21. The lowest BCUT2D eigenvalue weighted by molar-refractivity contribution is -0.385. The van der Waals surface area contributed by atoms with Gasteiger partial charge in [-0.15, -0.1) is 0 Å². The summed E-state index contributed by atoms with van der Waals surface area (Å²) in [5.41, 5.74) is -0.752. The minimum atomic E-state index is -0.820. The maximum Gasteiger partial charge on any atom is 0.285 e. The highest BCUT2D eigenvalue weighted by molar-refractivity contribution is 6.31. The van der Waals surface area contributed by atoms with Crippen LogP contribution >= 0.6 is 0 Å². The van der Waals surface area contributed by atoms with Crippen molar-refractivity contribution in [1.29, 1.82) is 0 Å². The van der Waals surface area contributed by atoms with Crippen molar-refractivity contribution in [3.63, 3.8) is 0 Å². The third-order valence-electron chi connectivity index (χ3n) is 4.42. The van der Waals surface area contributed by atoms with E-state index in [9.17, 15) is 29.9 Å². The lowest BCUT2D eigenvalue weighted by atomic mass is 9.82. The molecule has 0 amide bonds. The van der Waals surface area contributed by atoms with Gasteiger partial charge in [0.1, 0.15) is 17.1 Å². The Morgan fingerprint density at radius 2 is 1.43 bits per heavy atom. The molecule has 0 spiro atoms. The Morgan fingerprint density at radius 1 is 0.821 bits per heavy atom. The smallest absolute Gasteiger partial charge is 0.285 e. The van der Waals surface area contributed by atoms with E-state index in [1.807, 2.05) is 0 Å². The number of ketones is 2. The third kappa shape index (κ3) is 2.64. The summed E-state index contributed by atoms with van der Waals surface area (Å²) in [7, 11) is 0. The Morgan fingerprint density at radius 3 is 2.07 bits per heavy atom. The van der Waals surface area contributed by atoms with E-state index in [2.05, 4.69) is 5.32 Å². The van der Waals surface area contributed by atoms with Crippen molar-refractivity contribution in [3.05, 3.63) is 87.0 Å². The minimum Gasteiger partial charge on any atom is -0.508 e. The lowest BCUT2D eigenvalue weighted by Crippen LogP contribution is -2.23. The predicted octanol–water partition coefficient (Wildman–Crippen LogP) is 3.53. The zero-order chi connectivity index (χ0) is 20.0. The molecule has 0 fully saturated rings. The number of carbonyl (C=O) groups excluding carboxylic acids is 2. The molecule has 0 atom stereocenters. The highest BCUT2D eigenvalue weighted by Gasteiger charge is 2.38. The second kappa shape index (κ2) is 6.20. The molecule has 3 N–H and O–H groups in total. The first-order chi connectivity index (χ1) is 13.4. The average molecular weight is 376 g/mol. The fraction of sp³-hybridized carbons (Fsp3) is 0. The molecule has 1 aliphatic carbocycles. The average Bonchev–Trinajstić information content (AvgIpc) is 2.65. The van der Waals surface area contributed by atoms with Crippen LogP contribution in [0.25, 0.3) is 0 Å². The first-order valence-corrected chi connectivity index (χ1v) is 8.16. The monoisotopic (exact) mass is 376 g/mol. The van der Waals surface area contributed by atoms with Gasteiger partial charge in [0, 0.05) is 22.9 Å². The lowest BCUT2D eigenvalue weighted by Gasteiger charge is -2.21. The molecule has 8 nitrogen and oxygen atoms in total. The Labute approximate surface area is 157 Å². The van der Waals surface area contributed by atoms with E-state index in [0.717, 1.165) is 18.2 Å². The van der Waals surface area contributed by atoms with E-state index in [0.29, 0.717) is 5.69 Å². The third-order valence-corrected chi connectivity index (χ3v) is 4.42. The quantitative estimate of drug-likeness (QED) is 0.368. The van der Waals surface area contributed by atoms with E-state index in [-0.39, 0.29) is 33.7 Å². The summed E-state index contributed by atoms with van der Waals surface area (Å²) < 4.78 is 0. The van der Waals surface area contributed by atoms with Crippen molar-refractivity contribution in [2.75, 3.05) is 5.32 Å².